The third-order valence-corrected chi connectivity index (χ3v) is 4.82. The second kappa shape index (κ2) is 6.93. The van der Waals surface area contributed by atoms with Crippen molar-refractivity contribution in [1.29, 1.82) is 0 Å². The zero-order valence-corrected chi connectivity index (χ0v) is 15.7. The molecule has 4 rings (SSSR count). The van der Waals surface area contributed by atoms with Gasteiger partial charge in [-0.15, -0.1) is 0 Å². The van der Waals surface area contributed by atoms with Crippen molar-refractivity contribution in [1.82, 2.24) is 20.4 Å². The number of carbonyl (C=O) groups is 2. The summed E-state index contributed by atoms with van der Waals surface area (Å²) in [7, 11) is 0. The molecular weight excluding hydrogens is 406 g/mol. The van der Waals surface area contributed by atoms with Gasteiger partial charge in [0.15, 0.2) is 0 Å². The molecule has 29 heavy (non-hydrogen) atoms. The van der Waals surface area contributed by atoms with Gasteiger partial charge >= 0.3 is 6.03 Å². The molecule has 0 bridgehead atoms. The summed E-state index contributed by atoms with van der Waals surface area (Å²) < 4.78 is 32.5. The second-order valence-corrected chi connectivity index (χ2v) is 7.03. The lowest BCUT2D eigenvalue weighted by Gasteiger charge is -2.22. The van der Waals surface area contributed by atoms with Crippen LogP contribution >= 0.6 is 11.6 Å². The van der Waals surface area contributed by atoms with E-state index in [4.69, 9.17) is 16.1 Å². The Hall–Kier alpha value is -3.33. The van der Waals surface area contributed by atoms with Crippen molar-refractivity contribution in [2.45, 2.75) is 19.0 Å². The van der Waals surface area contributed by atoms with Crippen LogP contribution in [0.1, 0.15) is 18.4 Å². The molecule has 0 radical (unpaired) electrons. The number of rotatable bonds is 4. The monoisotopic (exact) mass is 418 g/mol. The largest absolute Gasteiger partial charge is 0.337 e. The highest BCUT2D eigenvalue weighted by molar-refractivity contribution is 6.30. The van der Waals surface area contributed by atoms with E-state index in [1.807, 2.05) is 0 Å². The normalized spacial score (nSPS) is 19.0. The maximum atomic E-state index is 14.2. The molecule has 1 saturated heterocycles. The smallest absolute Gasteiger partial charge is 0.325 e. The van der Waals surface area contributed by atoms with Crippen molar-refractivity contribution in [2.24, 2.45) is 0 Å². The number of hydrogen-bond acceptors (Lipinski definition) is 5. The van der Waals surface area contributed by atoms with Crippen LogP contribution in [0.15, 0.2) is 47.0 Å². The van der Waals surface area contributed by atoms with Crippen molar-refractivity contribution >= 4 is 23.5 Å². The van der Waals surface area contributed by atoms with E-state index in [9.17, 15) is 18.4 Å². The van der Waals surface area contributed by atoms with Gasteiger partial charge in [0.2, 0.25) is 11.7 Å². The molecule has 10 heteroatoms. The Morgan fingerprint density at radius 1 is 1.21 bits per heavy atom. The van der Waals surface area contributed by atoms with Crippen LogP contribution in [0.3, 0.4) is 0 Å². The standard InChI is InChI=1S/C19H13ClF2N4O3/c1-19(13-6-5-12(21)8-14(13)22)17(27)26(18(28)24-19)9-15-23-16(25-29-15)10-3-2-4-11(20)7-10/h2-8H,9H2,1H3,(H,24,28). The number of nitrogens with zero attached hydrogens (tertiary/aromatic N) is 3. The van der Waals surface area contributed by atoms with Gasteiger partial charge < -0.3 is 9.84 Å². The van der Waals surface area contributed by atoms with Crippen molar-refractivity contribution in [3.8, 4) is 11.4 Å². The van der Waals surface area contributed by atoms with E-state index in [1.165, 1.54) is 6.92 Å². The molecule has 1 N–H and O–H groups in total. The molecule has 7 nitrogen and oxygen atoms in total. The topological polar surface area (TPSA) is 88.3 Å². The van der Waals surface area contributed by atoms with Crippen molar-refractivity contribution < 1.29 is 22.9 Å². The lowest BCUT2D eigenvalue weighted by Crippen LogP contribution is -2.41. The third-order valence-electron chi connectivity index (χ3n) is 4.59. The van der Waals surface area contributed by atoms with Crippen LogP contribution < -0.4 is 5.32 Å². The summed E-state index contributed by atoms with van der Waals surface area (Å²) in [5, 5.41) is 6.75. The van der Waals surface area contributed by atoms with Crippen LogP contribution in [0.4, 0.5) is 13.6 Å². The van der Waals surface area contributed by atoms with Crippen molar-refractivity contribution in [3.63, 3.8) is 0 Å². The van der Waals surface area contributed by atoms with E-state index in [-0.39, 0.29) is 23.8 Å². The highest BCUT2D eigenvalue weighted by Crippen LogP contribution is 2.32. The zero-order valence-electron chi connectivity index (χ0n) is 14.9. The quantitative estimate of drug-likeness (QED) is 0.653. The molecule has 1 aromatic heterocycles. The number of benzene rings is 2. The SMILES string of the molecule is CC1(c2ccc(F)cc2F)NC(=O)N(Cc2nc(-c3cccc(Cl)c3)no2)C1=O. The first-order valence-corrected chi connectivity index (χ1v) is 8.84. The molecule has 2 heterocycles. The molecule has 2 aromatic carbocycles. The Bertz CT molecular complexity index is 1140. The molecule has 1 atom stereocenters. The van der Waals surface area contributed by atoms with E-state index < -0.39 is 29.1 Å². The Balaban J connectivity index is 1.59. The van der Waals surface area contributed by atoms with Crippen molar-refractivity contribution in [2.75, 3.05) is 0 Å². The first-order chi connectivity index (χ1) is 13.8. The summed E-state index contributed by atoms with van der Waals surface area (Å²) in [5.74, 6) is -2.21. The van der Waals surface area contributed by atoms with Gasteiger partial charge in [-0.1, -0.05) is 35.0 Å². The molecule has 1 aliphatic rings. The molecule has 3 aromatic rings. The molecule has 3 amide bonds. The molecule has 1 unspecified atom stereocenters. The van der Waals surface area contributed by atoms with Gasteiger partial charge in [0.1, 0.15) is 23.7 Å². The van der Waals surface area contributed by atoms with E-state index in [0.29, 0.717) is 16.7 Å². The fourth-order valence-corrected chi connectivity index (χ4v) is 3.31. The summed E-state index contributed by atoms with van der Waals surface area (Å²) in [4.78, 5) is 30.2. The number of aromatic nitrogens is 2. The fraction of sp³-hybridized carbons (Fsp3) is 0.158. The number of carbonyl (C=O) groups excluding carboxylic acids is 2. The molecule has 0 aliphatic carbocycles. The Morgan fingerprint density at radius 3 is 2.72 bits per heavy atom. The summed E-state index contributed by atoms with van der Waals surface area (Å²) in [6, 6.07) is 8.79. The van der Waals surface area contributed by atoms with Gasteiger partial charge in [-0.2, -0.15) is 4.98 Å². The number of hydrogen-bond donors (Lipinski definition) is 1. The maximum absolute atomic E-state index is 14.2. The van der Waals surface area contributed by atoms with Crippen molar-refractivity contribution in [3.05, 3.63) is 70.6 Å². The third kappa shape index (κ3) is 3.33. The first-order valence-electron chi connectivity index (χ1n) is 8.46. The maximum Gasteiger partial charge on any atom is 0.325 e. The van der Waals surface area contributed by atoms with Crippen LogP contribution in [0.25, 0.3) is 11.4 Å². The molecule has 0 saturated carbocycles. The number of urea groups is 1. The molecule has 1 fully saturated rings. The average Bonchev–Trinajstić information content (AvgIpc) is 3.21. The summed E-state index contributed by atoms with van der Waals surface area (Å²) in [6.45, 7) is 1.03. The first kappa shape index (κ1) is 19.0. The molecule has 1 aliphatic heterocycles. The van der Waals surface area contributed by atoms with Crippen LogP contribution in [-0.4, -0.2) is 27.0 Å². The minimum absolute atomic E-state index is 0.00676. The van der Waals surface area contributed by atoms with Crippen LogP contribution in [0.5, 0.6) is 0 Å². The predicted molar refractivity (Wildman–Crippen MR) is 97.5 cm³/mol. The summed E-state index contributed by atoms with van der Waals surface area (Å²) in [6.07, 6.45) is 0. The van der Waals surface area contributed by atoms with E-state index in [2.05, 4.69) is 15.5 Å². The van der Waals surface area contributed by atoms with Gasteiger partial charge in [-0.3, -0.25) is 9.69 Å². The lowest BCUT2D eigenvalue weighted by atomic mass is 9.91. The zero-order chi connectivity index (χ0) is 20.8. The van der Waals surface area contributed by atoms with Gasteiger partial charge in [0, 0.05) is 22.2 Å². The molecular formula is C19H13ClF2N4O3. The van der Waals surface area contributed by atoms with E-state index >= 15 is 0 Å². The number of imide groups is 1. The Kier molecular flexibility index (Phi) is 4.54. The molecule has 148 valence electrons. The summed E-state index contributed by atoms with van der Waals surface area (Å²) in [5.41, 5.74) is -1.24. The minimum Gasteiger partial charge on any atom is -0.337 e. The Labute approximate surface area is 168 Å². The van der Waals surface area contributed by atoms with Gasteiger partial charge in [-0.25, -0.2) is 13.6 Å². The van der Waals surface area contributed by atoms with E-state index in [0.717, 1.165) is 17.0 Å². The van der Waals surface area contributed by atoms with Gasteiger partial charge in [0.25, 0.3) is 5.91 Å². The molecule has 0 spiro atoms. The lowest BCUT2D eigenvalue weighted by molar-refractivity contribution is -0.131. The summed E-state index contributed by atoms with van der Waals surface area (Å²) >= 11 is 5.94. The number of nitrogens with one attached hydrogen (secondary N) is 1. The average molecular weight is 419 g/mol. The van der Waals surface area contributed by atoms with Gasteiger partial charge in [0.05, 0.1) is 0 Å². The van der Waals surface area contributed by atoms with Crippen LogP contribution in [-0.2, 0) is 16.9 Å². The number of amides is 3. The van der Waals surface area contributed by atoms with E-state index in [1.54, 1.807) is 24.3 Å². The highest BCUT2D eigenvalue weighted by Gasteiger charge is 2.50. The fourth-order valence-electron chi connectivity index (χ4n) is 3.12. The van der Waals surface area contributed by atoms with Crippen LogP contribution in [0, 0.1) is 11.6 Å². The minimum atomic E-state index is -1.69. The predicted octanol–water partition coefficient (Wildman–Crippen LogP) is 3.64. The Morgan fingerprint density at radius 2 is 2.00 bits per heavy atom. The highest BCUT2D eigenvalue weighted by atomic mass is 35.5. The van der Waals surface area contributed by atoms with Gasteiger partial charge in [-0.05, 0) is 25.1 Å². The number of halogens is 3. The van der Waals surface area contributed by atoms with Crippen LogP contribution in [0.2, 0.25) is 5.02 Å². The second-order valence-electron chi connectivity index (χ2n) is 6.59.